The Morgan fingerprint density at radius 2 is 1.80 bits per heavy atom. The molecule has 0 heterocycles. The van der Waals surface area contributed by atoms with E-state index < -0.39 is 42.3 Å². The lowest BCUT2D eigenvalue weighted by Gasteiger charge is -2.15. The molecule has 2 unspecified atom stereocenters. The predicted octanol–water partition coefficient (Wildman–Crippen LogP) is -2.93. The van der Waals surface area contributed by atoms with Gasteiger partial charge in [-0.15, -0.1) is 0 Å². The summed E-state index contributed by atoms with van der Waals surface area (Å²) in [4.78, 5) is 44.5. The highest BCUT2D eigenvalue weighted by molar-refractivity contribution is 7.80. The van der Waals surface area contributed by atoms with E-state index in [1.54, 1.807) is 0 Å². The number of hydrogen-bond donors (Lipinski definition) is 6. The third kappa shape index (κ3) is 6.95. The summed E-state index contributed by atoms with van der Waals surface area (Å²) in [5, 5.41) is 15.4. The van der Waals surface area contributed by atoms with Crippen molar-refractivity contribution in [2.75, 3.05) is 18.8 Å². The second kappa shape index (κ2) is 9.15. The summed E-state index contributed by atoms with van der Waals surface area (Å²) in [5.74, 6) is -3.05. The first-order valence-electron chi connectivity index (χ1n) is 5.72. The van der Waals surface area contributed by atoms with Gasteiger partial charge in [0.25, 0.3) is 0 Å². The number of carboxylic acid groups (broad SMARTS) is 1. The minimum atomic E-state index is -1.22. The van der Waals surface area contributed by atoms with Crippen molar-refractivity contribution in [3.8, 4) is 0 Å². The number of aliphatic carboxylic acids is 1. The molecule has 0 aromatic heterocycles. The van der Waals surface area contributed by atoms with Gasteiger partial charge in [0, 0.05) is 5.75 Å². The zero-order valence-electron chi connectivity index (χ0n) is 10.9. The first-order valence-corrected chi connectivity index (χ1v) is 6.35. The molecule has 6 N–H and O–H groups in total. The molecule has 0 aromatic carbocycles. The van der Waals surface area contributed by atoms with E-state index in [1.807, 2.05) is 0 Å². The van der Waals surface area contributed by atoms with E-state index in [4.69, 9.17) is 10.8 Å². The minimum absolute atomic E-state index is 0.0714. The third-order valence-corrected chi connectivity index (χ3v) is 2.56. The highest BCUT2D eigenvalue weighted by Crippen LogP contribution is 1.88. The fourth-order valence-electron chi connectivity index (χ4n) is 1.12. The number of hydrogen-bond acceptors (Lipinski definition) is 6. The van der Waals surface area contributed by atoms with E-state index in [0.29, 0.717) is 0 Å². The van der Waals surface area contributed by atoms with Gasteiger partial charge in [0.2, 0.25) is 17.7 Å². The second-order valence-corrected chi connectivity index (χ2v) is 4.22. The Balaban J connectivity index is 4.14. The van der Waals surface area contributed by atoms with Gasteiger partial charge in [0.05, 0.1) is 13.1 Å². The Kier molecular flexibility index (Phi) is 8.32. The lowest BCUT2D eigenvalue weighted by atomic mass is 10.3. The molecule has 10 heteroatoms. The summed E-state index contributed by atoms with van der Waals surface area (Å²) in [6.45, 7) is 0.772. The minimum Gasteiger partial charge on any atom is -0.480 e. The number of thiol groups is 1. The summed E-state index contributed by atoms with van der Waals surface area (Å²) < 4.78 is 0. The van der Waals surface area contributed by atoms with E-state index >= 15 is 0 Å². The molecule has 9 nitrogen and oxygen atoms in total. The zero-order chi connectivity index (χ0) is 15.7. The Bertz CT molecular complexity index is 390. The smallest absolute Gasteiger partial charge is 0.327 e. The first kappa shape index (κ1) is 18.2. The van der Waals surface area contributed by atoms with Crippen molar-refractivity contribution < 1.29 is 24.3 Å². The molecule has 0 rings (SSSR count). The van der Waals surface area contributed by atoms with E-state index in [-0.39, 0.29) is 12.3 Å². The van der Waals surface area contributed by atoms with Crippen molar-refractivity contribution in [3.05, 3.63) is 0 Å². The number of nitrogens with two attached hydrogens (primary N) is 1. The van der Waals surface area contributed by atoms with Crippen molar-refractivity contribution in [1.29, 1.82) is 0 Å². The fourth-order valence-corrected chi connectivity index (χ4v) is 1.36. The van der Waals surface area contributed by atoms with Crippen LogP contribution in [0.4, 0.5) is 0 Å². The summed E-state index contributed by atoms with van der Waals surface area (Å²) in [6, 6.07) is -1.98. The van der Waals surface area contributed by atoms with Crippen molar-refractivity contribution in [1.82, 2.24) is 16.0 Å². The highest BCUT2D eigenvalue weighted by atomic mass is 32.1. The molecular formula is C10H18N4O5S. The zero-order valence-corrected chi connectivity index (χ0v) is 11.8. The molecule has 2 atom stereocenters. The third-order valence-electron chi connectivity index (χ3n) is 2.20. The van der Waals surface area contributed by atoms with Crippen LogP contribution in [0.25, 0.3) is 0 Å². The van der Waals surface area contributed by atoms with Crippen LogP contribution in [0, 0.1) is 0 Å². The van der Waals surface area contributed by atoms with Crippen molar-refractivity contribution >= 4 is 36.3 Å². The van der Waals surface area contributed by atoms with Crippen LogP contribution in [-0.4, -0.2) is 59.7 Å². The summed E-state index contributed by atoms with van der Waals surface area (Å²) in [5.41, 5.74) is 5.07. The molecule has 0 aliphatic carbocycles. The van der Waals surface area contributed by atoms with Crippen LogP contribution < -0.4 is 21.7 Å². The van der Waals surface area contributed by atoms with Crippen molar-refractivity contribution in [2.24, 2.45) is 5.73 Å². The van der Waals surface area contributed by atoms with Crippen LogP contribution in [-0.2, 0) is 19.2 Å². The fraction of sp³-hybridized carbons (Fsp3) is 0.600. The van der Waals surface area contributed by atoms with Gasteiger partial charge in [0.15, 0.2) is 0 Å². The molecule has 0 aliphatic heterocycles. The average molecular weight is 306 g/mol. The van der Waals surface area contributed by atoms with Crippen LogP contribution in [0.2, 0.25) is 0 Å². The first-order chi connectivity index (χ1) is 9.31. The molecule has 0 aromatic rings. The molecule has 0 bridgehead atoms. The van der Waals surface area contributed by atoms with E-state index in [0.717, 1.165) is 0 Å². The maximum absolute atomic E-state index is 11.5. The molecule has 0 aliphatic rings. The van der Waals surface area contributed by atoms with Gasteiger partial charge in [-0.2, -0.15) is 12.6 Å². The van der Waals surface area contributed by atoms with Crippen LogP contribution in [0.5, 0.6) is 0 Å². The molecular weight excluding hydrogens is 288 g/mol. The summed E-state index contributed by atoms with van der Waals surface area (Å²) in [7, 11) is 0. The van der Waals surface area contributed by atoms with Crippen LogP contribution in [0.1, 0.15) is 6.92 Å². The largest absolute Gasteiger partial charge is 0.480 e. The van der Waals surface area contributed by atoms with Crippen LogP contribution in [0.15, 0.2) is 0 Å². The Morgan fingerprint density at radius 3 is 2.25 bits per heavy atom. The number of amides is 3. The molecule has 0 fully saturated rings. The normalized spacial score (nSPS) is 12.9. The van der Waals surface area contributed by atoms with Gasteiger partial charge in [-0.05, 0) is 6.92 Å². The maximum atomic E-state index is 11.5. The number of rotatable bonds is 8. The monoisotopic (exact) mass is 306 g/mol. The Morgan fingerprint density at radius 1 is 1.20 bits per heavy atom. The maximum Gasteiger partial charge on any atom is 0.327 e. The van der Waals surface area contributed by atoms with E-state index in [2.05, 4.69) is 28.6 Å². The average Bonchev–Trinajstić information content (AvgIpc) is 2.41. The molecule has 0 spiro atoms. The summed E-state index contributed by atoms with van der Waals surface area (Å²) in [6.07, 6.45) is 0. The molecule has 3 amide bonds. The SMILES string of the molecule is CC(NC(=O)CN)C(=O)NCC(=O)NC(CS)C(=O)O. The summed E-state index contributed by atoms with van der Waals surface area (Å²) >= 11 is 3.78. The lowest BCUT2D eigenvalue weighted by Crippen LogP contribution is -2.50. The van der Waals surface area contributed by atoms with Gasteiger partial charge < -0.3 is 26.8 Å². The number of carbonyl (C=O) groups excluding carboxylic acids is 3. The molecule has 0 saturated heterocycles. The van der Waals surface area contributed by atoms with E-state index in [9.17, 15) is 19.2 Å². The van der Waals surface area contributed by atoms with Crippen molar-refractivity contribution in [2.45, 2.75) is 19.0 Å². The molecule has 20 heavy (non-hydrogen) atoms. The number of nitrogens with one attached hydrogen (secondary N) is 3. The van der Waals surface area contributed by atoms with E-state index in [1.165, 1.54) is 6.92 Å². The number of carbonyl (C=O) groups is 4. The predicted molar refractivity (Wildman–Crippen MR) is 73.1 cm³/mol. The molecule has 0 radical (unpaired) electrons. The molecule has 114 valence electrons. The standard InChI is InChI=1S/C10H18N4O5S/c1-5(13-7(15)2-11)9(17)12-3-8(16)14-6(4-20)10(18)19/h5-6,20H,2-4,11H2,1H3,(H,12,17)(H,13,15)(H,14,16)(H,18,19). The highest BCUT2D eigenvalue weighted by Gasteiger charge is 2.19. The van der Waals surface area contributed by atoms with Gasteiger partial charge in [-0.3, -0.25) is 14.4 Å². The van der Waals surface area contributed by atoms with Crippen molar-refractivity contribution in [3.63, 3.8) is 0 Å². The van der Waals surface area contributed by atoms with Crippen LogP contribution in [0.3, 0.4) is 0 Å². The lowest BCUT2D eigenvalue weighted by molar-refractivity contribution is -0.141. The van der Waals surface area contributed by atoms with Gasteiger partial charge >= 0.3 is 5.97 Å². The topological polar surface area (TPSA) is 151 Å². The van der Waals surface area contributed by atoms with Gasteiger partial charge in [0.1, 0.15) is 12.1 Å². The Hall–Kier alpha value is -1.81. The van der Waals surface area contributed by atoms with Gasteiger partial charge in [-0.1, -0.05) is 0 Å². The van der Waals surface area contributed by atoms with Crippen LogP contribution >= 0.6 is 12.6 Å². The van der Waals surface area contributed by atoms with Gasteiger partial charge in [-0.25, -0.2) is 4.79 Å². The quantitative estimate of drug-likeness (QED) is 0.264. The molecule has 0 saturated carbocycles. The number of carboxylic acids is 1. The Labute approximate surface area is 121 Å². The second-order valence-electron chi connectivity index (χ2n) is 3.85.